The van der Waals surface area contributed by atoms with Crippen LogP contribution in [0.5, 0.6) is 0 Å². The third kappa shape index (κ3) is 9.53. The summed E-state index contributed by atoms with van der Waals surface area (Å²) in [7, 11) is 0. The van der Waals surface area contributed by atoms with Gasteiger partial charge in [0.25, 0.3) is 0 Å². The topological polar surface area (TPSA) is 75.4 Å². The third-order valence-corrected chi connectivity index (χ3v) is 3.39. The summed E-state index contributed by atoms with van der Waals surface area (Å²) in [5, 5.41) is 2.71. The molecule has 0 aliphatic carbocycles. The fourth-order valence-corrected chi connectivity index (χ4v) is 2.26. The molecule has 136 valence electrons. The number of benzene rings is 1. The second-order valence-electron chi connectivity index (χ2n) is 6.92. The van der Waals surface area contributed by atoms with Gasteiger partial charge >= 0.3 is 0 Å². The van der Waals surface area contributed by atoms with Gasteiger partial charge in [-0.2, -0.15) is 0 Å². The predicted octanol–water partition coefficient (Wildman–Crippen LogP) is 1.99. The van der Waals surface area contributed by atoms with Crippen LogP contribution in [-0.2, 0) is 16.0 Å². The van der Waals surface area contributed by atoms with Crippen LogP contribution in [0, 0.1) is 5.41 Å². The van der Waals surface area contributed by atoms with Crippen molar-refractivity contribution in [3.05, 3.63) is 35.9 Å². The molecule has 2 amide bonds. The number of hydrogen-bond acceptors (Lipinski definition) is 3. The van der Waals surface area contributed by atoms with Gasteiger partial charge in [0.2, 0.25) is 11.8 Å². The number of rotatable bonds is 8. The van der Waals surface area contributed by atoms with Crippen LogP contribution < -0.4 is 11.1 Å². The summed E-state index contributed by atoms with van der Waals surface area (Å²) in [5.74, 6) is -0.185. The Morgan fingerprint density at radius 3 is 2.29 bits per heavy atom. The monoisotopic (exact) mass is 355 g/mol. The minimum absolute atomic E-state index is 0. The molecule has 0 aromatic heterocycles. The van der Waals surface area contributed by atoms with E-state index in [0.29, 0.717) is 26.1 Å². The first kappa shape index (κ1) is 22.4. The lowest BCUT2D eigenvalue weighted by molar-refractivity contribution is -0.133. The number of hydrogen-bond donors (Lipinski definition) is 2. The zero-order chi connectivity index (χ0) is 17.3. The molecule has 0 saturated carbocycles. The quantitative estimate of drug-likeness (QED) is 0.748. The first-order valence-corrected chi connectivity index (χ1v) is 8.10. The molecule has 0 radical (unpaired) electrons. The summed E-state index contributed by atoms with van der Waals surface area (Å²) in [6, 6.07) is 10.0. The molecule has 0 aliphatic heterocycles. The fraction of sp³-hybridized carbons (Fsp3) is 0.556. The Labute approximate surface area is 151 Å². The van der Waals surface area contributed by atoms with Gasteiger partial charge in [-0.05, 0) is 17.4 Å². The van der Waals surface area contributed by atoms with Crippen LogP contribution in [0.4, 0.5) is 0 Å². The maximum absolute atomic E-state index is 12.3. The maximum Gasteiger partial charge on any atom is 0.242 e. The van der Waals surface area contributed by atoms with E-state index in [2.05, 4.69) is 5.32 Å². The number of halogens is 1. The van der Waals surface area contributed by atoms with Crippen LogP contribution in [0.25, 0.3) is 0 Å². The van der Waals surface area contributed by atoms with Crippen molar-refractivity contribution in [3.8, 4) is 0 Å². The number of amides is 2. The summed E-state index contributed by atoms with van der Waals surface area (Å²) < 4.78 is 0. The standard InChI is InChI=1S/C18H29N3O2.ClH/c1-18(2,3)13-16(22)20-14-17(23)21(12-10-19)11-9-15-7-5-4-6-8-15;/h4-8H,9-14,19H2,1-3H3,(H,20,22);1H. The average Bonchev–Trinajstić information content (AvgIpc) is 2.48. The van der Waals surface area contributed by atoms with Crippen molar-refractivity contribution < 1.29 is 9.59 Å². The second kappa shape index (κ2) is 11.0. The molecule has 0 spiro atoms. The van der Waals surface area contributed by atoms with Gasteiger partial charge in [-0.3, -0.25) is 9.59 Å². The highest BCUT2D eigenvalue weighted by Gasteiger charge is 2.18. The van der Waals surface area contributed by atoms with E-state index < -0.39 is 0 Å². The Balaban J connectivity index is 0.00000529. The molecule has 0 aliphatic rings. The van der Waals surface area contributed by atoms with Crippen LogP contribution in [0.2, 0.25) is 0 Å². The van der Waals surface area contributed by atoms with Gasteiger partial charge in [-0.25, -0.2) is 0 Å². The van der Waals surface area contributed by atoms with Gasteiger partial charge in [0, 0.05) is 26.1 Å². The van der Waals surface area contributed by atoms with Gasteiger partial charge in [0.15, 0.2) is 0 Å². The summed E-state index contributed by atoms with van der Waals surface area (Å²) in [5.41, 5.74) is 6.69. The zero-order valence-electron chi connectivity index (χ0n) is 14.9. The minimum atomic E-state index is -0.0957. The highest BCUT2D eigenvalue weighted by molar-refractivity contribution is 5.85. The van der Waals surface area contributed by atoms with E-state index in [1.54, 1.807) is 4.90 Å². The Hall–Kier alpha value is -1.59. The lowest BCUT2D eigenvalue weighted by atomic mass is 9.92. The number of carbonyl (C=O) groups is 2. The molecule has 1 aromatic carbocycles. The maximum atomic E-state index is 12.3. The molecule has 0 fully saturated rings. The lowest BCUT2D eigenvalue weighted by Crippen LogP contribution is -2.43. The number of carbonyl (C=O) groups excluding carboxylic acids is 2. The average molecular weight is 356 g/mol. The van der Waals surface area contributed by atoms with E-state index in [1.807, 2.05) is 51.1 Å². The van der Waals surface area contributed by atoms with Crippen molar-refractivity contribution in [2.24, 2.45) is 11.1 Å². The molecular formula is C18H30ClN3O2. The van der Waals surface area contributed by atoms with E-state index in [4.69, 9.17) is 5.73 Å². The van der Waals surface area contributed by atoms with E-state index >= 15 is 0 Å². The molecule has 3 N–H and O–H groups in total. The Bertz CT molecular complexity index is 501. The summed E-state index contributed by atoms with van der Waals surface area (Å²) in [6.07, 6.45) is 1.18. The van der Waals surface area contributed by atoms with Crippen LogP contribution in [-0.4, -0.2) is 42.9 Å². The van der Waals surface area contributed by atoms with Gasteiger partial charge in [0.05, 0.1) is 6.54 Å². The molecule has 1 rings (SSSR count). The summed E-state index contributed by atoms with van der Waals surface area (Å²) in [6.45, 7) is 7.54. The predicted molar refractivity (Wildman–Crippen MR) is 100 cm³/mol. The zero-order valence-corrected chi connectivity index (χ0v) is 15.7. The number of nitrogens with two attached hydrogens (primary N) is 1. The largest absolute Gasteiger partial charge is 0.347 e. The minimum Gasteiger partial charge on any atom is -0.347 e. The Morgan fingerprint density at radius 2 is 1.75 bits per heavy atom. The van der Waals surface area contributed by atoms with Crippen molar-refractivity contribution in [2.75, 3.05) is 26.2 Å². The van der Waals surface area contributed by atoms with Crippen LogP contribution in [0.3, 0.4) is 0 Å². The van der Waals surface area contributed by atoms with Gasteiger partial charge in [-0.15, -0.1) is 12.4 Å². The van der Waals surface area contributed by atoms with Crippen LogP contribution in [0.1, 0.15) is 32.8 Å². The Morgan fingerprint density at radius 1 is 1.12 bits per heavy atom. The van der Waals surface area contributed by atoms with E-state index in [1.165, 1.54) is 5.56 Å². The number of nitrogens with one attached hydrogen (secondary N) is 1. The van der Waals surface area contributed by atoms with Gasteiger partial charge in [0.1, 0.15) is 0 Å². The smallest absolute Gasteiger partial charge is 0.242 e. The van der Waals surface area contributed by atoms with Gasteiger partial charge in [-0.1, -0.05) is 51.1 Å². The van der Waals surface area contributed by atoms with E-state index in [9.17, 15) is 9.59 Å². The molecule has 0 saturated heterocycles. The molecular weight excluding hydrogens is 326 g/mol. The van der Waals surface area contributed by atoms with Crippen molar-refractivity contribution >= 4 is 24.2 Å². The van der Waals surface area contributed by atoms with Gasteiger partial charge < -0.3 is 16.0 Å². The number of nitrogens with zero attached hydrogens (tertiary/aromatic N) is 1. The second-order valence-corrected chi connectivity index (χ2v) is 6.92. The lowest BCUT2D eigenvalue weighted by Gasteiger charge is -2.23. The third-order valence-electron chi connectivity index (χ3n) is 3.39. The molecule has 0 bridgehead atoms. The first-order valence-electron chi connectivity index (χ1n) is 8.10. The highest BCUT2D eigenvalue weighted by atomic mass is 35.5. The Kier molecular flexibility index (Phi) is 10.3. The molecule has 6 heteroatoms. The summed E-state index contributed by atoms with van der Waals surface area (Å²) in [4.78, 5) is 25.8. The van der Waals surface area contributed by atoms with Crippen molar-refractivity contribution in [1.82, 2.24) is 10.2 Å². The molecule has 0 unspecified atom stereocenters. The molecule has 5 nitrogen and oxygen atoms in total. The first-order chi connectivity index (χ1) is 10.8. The molecule has 0 heterocycles. The normalized spacial score (nSPS) is 10.7. The van der Waals surface area contributed by atoms with Crippen molar-refractivity contribution in [1.29, 1.82) is 0 Å². The van der Waals surface area contributed by atoms with Crippen LogP contribution in [0.15, 0.2) is 30.3 Å². The van der Waals surface area contributed by atoms with Crippen molar-refractivity contribution in [3.63, 3.8) is 0 Å². The summed E-state index contributed by atoms with van der Waals surface area (Å²) >= 11 is 0. The van der Waals surface area contributed by atoms with Crippen molar-refractivity contribution in [2.45, 2.75) is 33.6 Å². The highest BCUT2D eigenvalue weighted by Crippen LogP contribution is 2.17. The van der Waals surface area contributed by atoms with E-state index in [0.717, 1.165) is 6.42 Å². The molecule has 24 heavy (non-hydrogen) atoms. The molecule has 0 atom stereocenters. The fourth-order valence-electron chi connectivity index (χ4n) is 2.26. The molecule has 1 aromatic rings. The van der Waals surface area contributed by atoms with Crippen LogP contribution >= 0.6 is 12.4 Å². The van der Waals surface area contributed by atoms with E-state index in [-0.39, 0.29) is 36.2 Å². The SMILES string of the molecule is CC(C)(C)CC(=O)NCC(=O)N(CCN)CCc1ccccc1.Cl.